The van der Waals surface area contributed by atoms with Crippen LogP contribution in [0.25, 0.3) is 0 Å². The number of aliphatic hydroxyl groups is 1. The molecule has 0 bridgehead atoms. The zero-order chi connectivity index (χ0) is 13.0. The molecule has 2 N–H and O–H groups in total. The molecule has 0 fully saturated rings. The number of nitrogens with one attached hydrogen (secondary N) is 1. The highest BCUT2D eigenvalue weighted by Crippen LogP contribution is 2.07. The van der Waals surface area contributed by atoms with Crippen molar-refractivity contribution in [2.24, 2.45) is 0 Å². The Morgan fingerprint density at radius 1 is 1.41 bits per heavy atom. The highest BCUT2D eigenvalue weighted by Gasteiger charge is 2.13. The van der Waals surface area contributed by atoms with Crippen LogP contribution in [0.15, 0.2) is 12.1 Å². The van der Waals surface area contributed by atoms with Crippen molar-refractivity contribution in [2.45, 2.75) is 46.3 Å². The SMILES string of the molecule is Cc1ccc(C(=O)NC(C)CC(C)O)c(C)n1. The third-order valence-electron chi connectivity index (χ3n) is 2.54. The first-order valence-corrected chi connectivity index (χ1v) is 5.83. The Hall–Kier alpha value is -1.42. The van der Waals surface area contributed by atoms with Crippen LogP contribution in [0.1, 0.15) is 42.0 Å². The van der Waals surface area contributed by atoms with E-state index in [0.717, 1.165) is 11.4 Å². The standard InChI is InChI=1S/C13H20N2O2/c1-8-5-6-12(11(4)14-8)13(17)15-9(2)7-10(3)16/h5-6,9-10,16H,7H2,1-4H3,(H,15,17). The molecule has 4 nitrogen and oxygen atoms in total. The van der Waals surface area contributed by atoms with Gasteiger partial charge in [-0.2, -0.15) is 0 Å². The van der Waals surface area contributed by atoms with Crippen molar-refractivity contribution in [1.82, 2.24) is 10.3 Å². The van der Waals surface area contributed by atoms with E-state index in [9.17, 15) is 9.90 Å². The van der Waals surface area contributed by atoms with E-state index in [4.69, 9.17) is 0 Å². The molecule has 0 spiro atoms. The van der Waals surface area contributed by atoms with Gasteiger partial charge in [-0.1, -0.05) is 0 Å². The van der Waals surface area contributed by atoms with Gasteiger partial charge < -0.3 is 10.4 Å². The number of pyridine rings is 1. The first-order chi connectivity index (χ1) is 7.90. The van der Waals surface area contributed by atoms with Crippen molar-refractivity contribution in [3.63, 3.8) is 0 Å². The van der Waals surface area contributed by atoms with Gasteiger partial charge in [-0.25, -0.2) is 0 Å². The molecule has 0 aliphatic rings. The van der Waals surface area contributed by atoms with Crippen LogP contribution in [-0.2, 0) is 0 Å². The molecule has 0 saturated carbocycles. The second-order valence-electron chi connectivity index (χ2n) is 4.54. The van der Waals surface area contributed by atoms with Gasteiger partial charge in [0.25, 0.3) is 5.91 Å². The smallest absolute Gasteiger partial charge is 0.253 e. The number of aryl methyl sites for hydroxylation is 2. The Balaban J connectivity index is 2.70. The zero-order valence-corrected chi connectivity index (χ0v) is 10.8. The average molecular weight is 236 g/mol. The largest absolute Gasteiger partial charge is 0.393 e. The lowest BCUT2D eigenvalue weighted by molar-refractivity contribution is 0.0922. The fraction of sp³-hybridized carbons (Fsp3) is 0.538. The third kappa shape index (κ3) is 4.15. The molecule has 0 aliphatic carbocycles. The lowest BCUT2D eigenvalue weighted by Crippen LogP contribution is -2.35. The van der Waals surface area contributed by atoms with Crippen LogP contribution < -0.4 is 5.32 Å². The number of aliphatic hydroxyl groups excluding tert-OH is 1. The van der Waals surface area contributed by atoms with Gasteiger partial charge in [0.05, 0.1) is 17.4 Å². The number of nitrogens with zero attached hydrogens (tertiary/aromatic N) is 1. The predicted molar refractivity (Wildman–Crippen MR) is 66.9 cm³/mol. The number of carbonyl (C=O) groups is 1. The number of rotatable bonds is 4. The molecular weight excluding hydrogens is 216 g/mol. The highest BCUT2D eigenvalue weighted by atomic mass is 16.3. The second-order valence-corrected chi connectivity index (χ2v) is 4.54. The molecule has 4 heteroatoms. The summed E-state index contributed by atoms with van der Waals surface area (Å²) in [5, 5.41) is 12.1. The van der Waals surface area contributed by atoms with Gasteiger partial charge in [-0.3, -0.25) is 9.78 Å². The van der Waals surface area contributed by atoms with Gasteiger partial charge in [0.1, 0.15) is 0 Å². The molecule has 2 atom stereocenters. The van der Waals surface area contributed by atoms with Gasteiger partial charge in [-0.05, 0) is 46.2 Å². The molecule has 1 aromatic rings. The van der Waals surface area contributed by atoms with Crippen molar-refractivity contribution >= 4 is 5.91 Å². The van der Waals surface area contributed by atoms with Crippen LogP contribution >= 0.6 is 0 Å². The first kappa shape index (κ1) is 13.6. The van der Waals surface area contributed by atoms with Crippen LogP contribution in [0.3, 0.4) is 0 Å². The summed E-state index contributed by atoms with van der Waals surface area (Å²) >= 11 is 0. The van der Waals surface area contributed by atoms with Crippen molar-refractivity contribution in [1.29, 1.82) is 0 Å². The first-order valence-electron chi connectivity index (χ1n) is 5.83. The summed E-state index contributed by atoms with van der Waals surface area (Å²) in [5.74, 6) is -0.136. The summed E-state index contributed by atoms with van der Waals surface area (Å²) in [6.07, 6.45) is 0.131. The maximum absolute atomic E-state index is 11.9. The second kappa shape index (κ2) is 5.77. The van der Waals surface area contributed by atoms with E-state index >= 15 is 0 Å². The van der Waals surface area contributed by atoms with Crippen molar-refractivity contribution in [3.05, 3.63) is 29.1 Å². The summed E-state index contributed by atoms with van der Waals surface area (Å²) in [5.41, 5.74) is 2.22. The summed E-state index contributed by atoms with van der Waals surface area (Å²) < 4.78 is 0. The Bertz CT molecular complexity index is 402. The van der Waals surface area contributed by atoms with E-state index in [0.29, 0.717) is 12.0 Å². The van der Waals surface area contributed by atoms with E-state index < -0.39 is 6.10 Å². The van der Waals surface area contributed by atoms with Gasteiger partial charge in [0.15, 0.2) is 0 Å². The number of hydrogen-bond acceptors (Lipinski definition) is 3. The van der Waals surface area contributed by atoms with Gasteiger partial charge in [0.2, 0.25) is 0 Å². The molecule has 0 aromatic carbocycles. The molecule has 1 rings (SSSR count). The van der Waals surface area contributed by atoms with Crippen molar-refractivity contribution < 1.29 is 9.90 Å². The van der Waals surface area contributed by atoms with Crippen LogP contribution in [0, 0.1) is 13.8 Å². The van der Waals surface area contributed by atoms with E-state index in [2.05, 4.69) is 10.3 Å². The van der Waals surface area contributed by atoms with Gasteiger partial charge in [-0.15, -0.1) is 0 Å². The fourth-order valence-electron chi connectivity index (χ4n) is 1.80. The van der Waals surface area contributed by atoms with Crippen LogP contribution in [0.2, 0.25) is 0 Å². The number of amides is 1. The molecule has 0 saturated heterocycles. The minimum absolute atomic E-state index is 0.0526. The minimum Gasteiger partial charge on any atom is -0.393 e. The van der Waals surface area contributed by atoms with E-state index in [1.807, 2.05) is 26.8 Å². The molecule has 0 radical (unpaired) electrons. The lowest BCUT2D eigenvalue weighted by Gasteiger charge is -2.16. The summed E-state index contributed by atoms with van der Waals surface area (Å²) in [7, 11) is 0. The summed E-state index contributed by atoms with van der Waals surface area (Å²) in [6.45, 7) is 7.30. The molecule has 1 heterocycles. The molecule has 0 aliphatic heterocycles. The van der Waals surface area contributed by atoms with Gasteiger partial charge in [0, 0.05) is 11.7 Å². The zero-order valence-electron chi connectivity index (χ0n) is 10.8. The summed E-state index contributed by atoms with van der Waals surface area (Å²) in [6, 6.07) is 3.55. The topological polar surface area (TPSA) is 62.2 Å². The monoisotopic (exact) mass is 236 g/mol. The average Bonchev–Trinajstić information content (AvgIpc) is 2.15. The Labute approximate surface area is 102 Å². The minimum atomic E-state index is -0.414. The number of aromatic nitrogens is 1. The van der Waals surface area contributed by atoms with E-state index in [1.165, 1.54) is 0 Å². The van der Waals surface area contributed by atoms with Crippen LogP contribution in [0.5, 0.6) is 0 Å². The van der Waals surface area contributed by atoms with Crippen molar-refractivity contribution in [2.75, 3.05) is 0 Å². The molecule has 2 unspecified atom stereocenters. The molecule has 1 amide bonds. The fourth-order valence-corrected chi connectivity index (χ4v) is 1.80. The van der Waals surface area contributed by atoms with Gasteiger partial charge >= 0.3 is 0 Å². The molecule has 94 valence electrons. The lowest BCUT2D eigenvalue weighted by atomic mass is 10.1. The highest BCUT2D eigenvalue weighted by molar-refractivity contribution is 5.95. The van der Waals surface area contributed by atoms with Crippen LogP contribution in [-0.4, -0.2) is 28.1 Å². The van der Waals surface area contributed by atoms with E-state index in [1.54, 1.807) is 13.0 Å². The normalized spacial score (nSPS) is 14.2. The Morgan fingerprint density at radius 3 is 2.59 bits per heavy atom. The molecular formula is C13H20N2O2. The molecule has 17 heavy (non-hydrogen) atoms. The van der Waals surface area contributed by atoms with E-state index in [-0.39, 0.29) is 11.9 Å². The number of hydrogen-bond donors (Lipinski definition) is 2. The van der Waals surface area contributed by atoms with Crippen LogP contribution in [0.4, 0.5) is 0 Å². The summed E-state index contributed by atoms with van der Waals surface area (Å²) in [4.78, 5) is 16.2. The number of carbonyl (C=O) groups excluding carboxylic acids is 1. The Morgan fingerprint density at radius 2 is 2.06 bits per heavy atom. The van der Waals surface area contributed by atoms with Crippen molar-refractivity contribution in [3.8, 4) is 0 Å². The maximum atomic E-state index is 11.9. The maximum Gasteiger partial charge on any atom is 0.253 e. The quantitative estimate of drug-likeness (QED) is 0.834. The third-order valence-corrected chi connectivity index (χ3v) is 2.54. The molecule has 1 aromatic heterocycles. The Kier molecular flexibility index (Phi) is 4.63. The predicted octanol–water partition coefficient (Wildman–Crippen LogP) is 1.59.